The summed E-state index contributed by atoms with van der Waals surface area (Å²) in [4.78, 5) is 0. The minimum Gasteiger partial charge on any atom is -0.207 e. The topological polar surface area (TPSA) is 0 Å². The Morgan fingerprint density at radius 1 is 0.750 bits per heavy atom. The average molecular weight is 387 g/mol. The Morgan fingerprint density at radius 3 is 1.96 bits per heavy atom. The molecule has 0 nitrogen and oxygen atoms in total. The molecular weight excluding hydrogens is 343 g/mol. The highest BCUT2D eigenvalue weighted by molar-refractivity contribution is 5.28. The van der Waals surface area contributed by atoms with Crippen molar-refractivity contribution in [2.45, 2.75) is 116 Å². The van der Waals surface area contributed by atoms with E-state index < -0.39 is 0 Å². The van der Waals surface area contributed by atoms with E-state index in [0.29, 0.717) is 5.92 Å². The summed E-state index contributed by atoms with van der Waals surface area (Å²) in [7, 11) is 0. The summed E-state index contributed by atoms with van der Waals surface area (Å²) in [5.41, 5.74) is 2.21. The van der Waals surface area contributed by atoms with Gasteiger partial charge in [-0.15, -0.1) is 0 Å². The third-order valence-electron chi connectivity index (χ3n) is 7.82. The van der Waals surface area contributed by atoms with Gasteiger partial charge in [-0.05, 0) is 79.4 Å². The molecule has 3 rings (SSSR count). The fourth-order valence-corrected chi connectivity index (χ4v) is 5.90. The van der Waals surface area contributed by atoms with Gasteiger partial charge in [-0.1, -0.05) is 83.8 Å². The van der Waals surface area contributed by atoms with Crippen molar-refractivity contribution in [2.75, 3.05) is 0 Å². The van der Waals surface area contributed by atoms with Crippen LogP contribution < -0.4 is 0 Å². The zero-order chi connectivity index (χ0) is 19.8. The molecule has 28 heavy (non-hydrogen) atoms. The molecule has 2 saturated carbocycles. The molecule has 0 unspecified atom stereocenters. The molecule has 1 heteroatoms. The van der Waals surface area contributed by atoms with E-state index in [1.807, 2.05) is 6.07 Å². The lowest BCUT2D eigenvalue weighted by molar-refractivity contribution is 0.252. The van der Waals surface area contributed by atoms with Crippen LogP contribution in [0.15, 0.2) is 18.2 Å². The van der Waals surface area contributed by atoms with Crippen LogP contribution in [-0.4, -0.2) is 0 Å². The van der Waals surface area contributed by atoms with Crippen molar-refractivity contribution in [3.63, 3.8) is 0 Å². The smallest absolute Gasteiger partial charge is 0.126 e. The first kappa shape index (κ1) is 21.8. The van der Waals surface area contributed by atoms with Gasteiger partial charge in [-0.3, -0.25) is 0 Å². The number of hydrogen-bond donors (Lipinski definition) is 0. The van der Waals surface area contributed by atoms with Gasteiger partial charge in [0.2, 0.25) is 0 Å². The van der Waals surface area contributed by atoms with Crippen LogP contribution in [-0.2, 0) is 6.42 Å². The lowest BCUT2D eigenvalue weighted by atomic mass is 9.76. The van der Waals surface area contributed by atoms with Gasteiger partial charge in [0.1, 0.15) is 5.82 Å². The summed E-state index contributed by atoms with van der Waals surface area (Å²) >= 11 is 0. The first-order valence-electron chi connectivity index (χ1n) is 12.5. The third-order valence-corrected chi connectivity index (χ3v) is 7.82. The van der Waals surface area contributed by atoms with E-state index in [2.05, 4.69) is 26.0 Å². The monoisotopic (exact) mass is 386 g/mol. The second kappa shape index (κ2) is 11.4. The zero-order valence-corrected chi connectivity index (χ0v) is 18.5. The van der Waals surface area contributed by atoms with Gasteiger partial charge >= 0.3 is 0 Å². The molecule has 0 heterocycles. The molecule has 0 radical (unpaired) electrons. The van der Waals surface area contributed by atoms with E-state index in [9.17, 15) is 4.39 Å². The summed E-state index contributed by atoms with van der Waals surface area (Å²) in [6.07, 6.45) is 19.7. The number of aryl methyl sites for hydroxylation is 1. The quantitative estimate of drug-likeness (QED) is 0.397. The van der Waals surface area contributed by atoms with Crippen molar-refractivity contribution in [3.05, 3.63) is 35.1 Å². The highest BCUT2D eigenvalue weighted by atomic mass is 19.1. The van der Waals surface area contributed by atoms with E-state index in [4.69, 9.17) is 0 Å². The van der Waals surface area contributed by atoms with Crippen molar-refractivity contribution >= 4 is 0 Å². The molecule has 0 atom stereocenters. The van der Waals surface area contributed by atoms with Crippen LogP contribution in [0.3, 0.4) is 0 Å². The average Bonchev–Trinajstić information content (AvgIpc) is 2.72. The Bertz CT molecular complexity index is 562. The minimum absolute atomic E-state index is 0.0705. The molecule has 0 aliphatic heterocycles. The Labute approximate surface area is 173 Å². The number of benzene rings is 1. The molecular formula is C27H43F. The second-order valence-electron chi connectivity index (χ2n) is 9.93. The molecule has 2 fully saturated rings. The van der Waals surface area contributed by atoms with E-state index in [0.717, 1.165) is 29.7 Å². The Kier molecular flexibility index (Phi) is 8.87. The summed E-state index contributed by atoms with van der Waals surface area (Å²) in [5.74, 6) is 3.28. The zero-order valence-electron chi connectivity index (χ0n) is 18.5. The van der Waals surface area contributed by atoms with Crippen LogP contribution in [0, 0.1) is 23.6 Å². The van der Waals surface area contributed by atoms with Gasteiger partial charge in [0, 0.05) is 0 Å². The summed E-state index contributed by atoms with van der Waals surface area (Å²) in [6.45, 7) is 4.59. The maximum atomic E-state index is 14.8. The van der Waals surface area contributed by atoms with Crippen molar-refractivity contribution in [1.29, 1.82) is 0 Å². The Morgan fingerprint density at radius 2 is 1.36 bits per heavy atom. The van der Waals surface area contributed by atoms with Crippen LogP contribution in [0.5, 0.6) is 0 Å². The fourth-order valence-electron chi connectivity index (χ4n) is 5.90. The van der Waals surface area contributed by atoms with Gasteiger partial charge < -0.3 is 0 Å². The number of rotatable bonds is 9. The molecule has 0 amide bonds. The highest BCUT2D eigenvalue weighted by Gasteiger charge is 2.24. The molecule has 0 bridgehead atoms. The van der Waals surface area contributed by atoms with Crippen molar-refractivity contribution in [2.24, 2.45) is 17.8 Å². The SMILES string of the molecule is CCCCC1CCC(c2ccc(CCC3CCC(CCC)CC3)cc2F)CC1. The molecule has 0 N–H and O–H groups in total. The highest BCUT2D eigenvalue weighted by Crippen LogP contribution is 2.39. The van der Waals surface area contributed by atoms with E-state index in [1.165, 1.54) is 95.5 Å². The number of halogens is 1. The molecule has 0 saturated heterocycles. The number of hydrogen-bond acceptors (Lipinski definition) is 0. The van der Waals surface area contributed by atoms with Gasteiger partial charge in [-0.25, -0.2) is 4.39 Å². The first-order valence-corrected chi connectivity index (χ1v) is 12.5. The van der Waals surface area contributed by atoms with Gasteiger partial charge in [-0.2, -0.15) is 0 Å². The molecule has 1 aromatic rings. The standard InChI is InChI=1S/C27H43F/c1-3-5-7-22-14-17-25(18-15-22)26-19-16-24(20-27(26)28)13-12-23-10-8-21(6-4-2)9-11-23/h16,19-23,25H,3-15,17-18H2,1-2H3. The summed E-state index contributed by atoms with van der Waals surface area (Å²) in [6, 6.07) is 6.21. The Balaban J connectivity index is 1.44. The van der Waals surface area contributed by atoms with Crippen LogP contribution in [0.25, 0.3) is 0 Å². The normalized spacial score (nSPS) is 28.4. The van der Waals surface area contributed by atoms with Crippen LogP contribution in [0.4, 0.5) is 4.39 Å². The minimum atomic E-state index is 0.0705. The molecule has 158 valence electrons. The molecule has 0 spiro atoms. The van der Waals surface area contributed by atoms with E-state index in [-0.39, 0.29) is 5.82 Å². The largest absolute Gasteiger partial charge is 0.207 e. The maximum Gasteiger partial charge on any atom is 0.126 e. The van der Waals surface area contributed by atoms with Crippen molar-refractivity contribution in [1.82, 2.24) is 0 Å². The number of unbranched alkanes of at least 4 members (excludes halogenated alkanes) is 1. The lowest BCUT2D eigenvalue weighted by Crippen LogP contribution is -2.15. The van der Waals surface area contributed by atoms with E-state index >= 15 is 0 Å². The third kappa shape index (κ3) is 6.33. The predicted molar refractivity (Wildman–Crippen MR) is 119 cm³/mol. The maximum absolute atomic E-state index is 14.8. The van der Waals surface area contributed by atoms with Crippen LogP contribution in [0.1, 0.15) is 121 Å². The molecule has 2 aliphatic rings. The van der Waals surface area contributed by atoms with E-state index in [1.54, 1.807) is 0 Å². The van der Waals surface area contributed by atoms with Crippen LogP contribution in [0.2, 0.25) is 0 Å². The van der Waals surface area contributed by atoms with Gasteiger partial charge in [0.25, 0.3) is 0 Å². The second-order valence-corrected chi connectivity index (χ2v) is 9.93. The fraction of sp³-hybridized carbons (Fsp3) is 0.778. The predicted octanol–water partition coefficient (Wildman–Crippen LogP) is 8.83. The molecule has 1 aromatic carbocycles. The Hall–Kier alpha value is -0.850. The summed E-state index contributed by atoms with van der Waals surface area (Å²) in [5, 5.41) is 0. The van der Waals surface area contributed by atoms with Crippen molar-refractivity contribution < 1.29 is 4.39 Å². The van der Waals surface area contributed by atoms with Gasteiger partial charge in [0.15, 0.2) is 0 Å². The molecule has 2 aliphatic carbocycles. The van der Waals surface area contributed by atoms with Crippen molar-refractivity contribution in [3.8, 4) is 0 Å². The lowest BCUT2D eigenvalue weighted by Gasteiger charge is -2.29. The summed E-state index contributed by atoms with van der Waals surface area (Å²) < 4.78 is 14.8. The van der Waals surface area contributed by atoms with Crippen LogP contribution >= 0.6 is 0 Å². The van der Waals surface area contributed by atoms with Gasteiger partial charge in [0.05, 0.1) is 0 Å². The first-order chi connectivity index (χ1) is 13.7. The molecule has 0 aromatic heterocycles.